The molecule has 0 saturated heterocycles. The Hall–Kier alpha value is -6.24. The van der Waals surface area contributed by atoms with Crippen molar-refractivity contribution in [2.24, 2.45) is 42.3 Å². The van der Waals surface area contributed by atoms with Gasteiger partial charge in [0.25, 0.3) is 0 Å². The van der Waals surface area contributed by atoms with E-state index in [-0.39, 0.29) is 65.4 Å². The molecule has 2 radical (unpaired) electrons. The summed E-state index contributed by atoms with van der Waals surface area (Å²) >= 11 is 0. The van der Waals surface area contributed by atoms with Crippen LogP contribution in [0.1, 0.15) is 5.56 Å². The minimum absolute atomic E-state index is 0. The van der Waals surface area contributed by atoms with Crippen LogP contribution in [0.5, 0.6) is 0 Å². The summed E-state index contributed by atoms with van der Waals surface area (Å²) in [6.45, 7) is 2.11. The van der Waals surface area contributed by atoms with Crippen molar-refractivity contribution in [3.63, 3.8) is 0 Å². The number of imidazole rings is 6. The van der Waals surface area contributed by atoms with Crippen LogP contribution in [0, 0.1) is 31.2 Å². The van der Waals surface area contributed by atoms with E-state index in [1.165, 1.54) is 27.7 Å². The Balaban J connectivity index is 0.000000137. The predicted octanol–water partition coefficient (Wildman–Crippen LogP) is 6.88. The molecule has 12 aromatic rings. The third-order valence-corrected chi connectivity index (χ3v) is 11.8. The Bertz CT molecular complexity index is 3660. The molecular formula is C52H46N13Y2-. The van der Waals surface area contributed by atoms with E-state index in [1.54, 1.807) is 12.4 Å². The molecule has 13 nitrogen and oxygen atoms in total. The van der Waals surface area contributed by atoms with Crippen molar-refractivity contribution in [3.8, 4) is 56.5 Å². The van der Waals surface area contributed by atoms with Gasteiger partial charge in [-0.2, -0.15) is 40.6 Å². The molecule has 15 heteroatoms. The van der Waals surface area contributed by atoms with Gasteiger partial charge in [-0.1, -0.05) is 24.3 Å². The molecule has 0 amide bonds. The van der Waals surface area contributed by atoms with Crippen molar-refractivity contribution in [1.29, 1.82) is 0 Å². The first-order valence-electron chi connectivity index (χ1n) is 21.1. The summed E-state index contributed by atoms with van der Waals surface area (Å²) < 4.78 is 18.6. The number of fused-ring (bicyclic) bond motifs is 4. The number of nitrogens with zero attached hydrogens (tertiary/aromatic N) is 13. The van der Waals surface area contributed by atoms with Gasteiger partial charge in [0, 0.05) is 154 Å². The van der Waals surface area contributed by atoms with E-state index in [0.717, 1.165) is 62.5 Å². The molecule has 0 bridgehead atoms. The molecule has 0 spiro atoms. The number of pyridine rings is 4. The molecule has 12 rings (SSSR count). The van der Waals surface area contributed by atoms with Crippen LogP contribution in [0.2, 0.25) is 0 Å². The molecule has 0 atom stereocenters. The molecule has 2 aromatic carbocycles. The molecule has 0 unspecified atom stereocenters. The predicted molar refractivity (Wildman–Crippen MR) is 249 cm³/mol. The number of rotatable bonds is 5. The summed E-state index contributed by atoms with van der Waals surface area (Å²) in [5, 5.41) is 2.41. The fourth-order valence-corrected chi connectivity index (χ4v) is 8.21. The second-order valence-electron chi connectivity index (χ2n) is 16.1. The molecule has 10 aromatic heterocycles. The van der Waals surface area contributed by atoms with Crippen LogP contribution < -0.4 is 13.7 Å². The van der Waals surface area contributed by atoms with Gasteiger partial charge in [0.05, 0.1) is 6.20 Å². The Morgan fingerprint density at radius 1 is 0.493 bits per heavy atom. The number of aromatic nitrogens is 13. The fourth-order valence-electron chi connectivity index (χ4n) is 8.21. The smallest absolute Gasteiger partial charge is 0.230 e. The van der Waals surface area contributed by atoms with E-state index >= 15 is 0 Å². The molecule has 67 heavy (non-hydrogen) atoms. The maximum atomic E-state index is 4.41. The first-order chi connectivity index (χ1) is 31.6. The number of hydrogen-bond acceptors (Lipinski definition) is 4. The Kier molecular flexibility index (Phi) is 14.1. The molecular weight excluding hydrogens is 984 g/mol. The van der Waals surface area contributed by atoms with Crippen molar-refractivity contribution >= 4 is 28.1 Å². The molecule has 326 valence electrons. The van der Waals surface area contributed by atoms with Gasteiger partial charge in [-0.15, -0.1) is 29.0 Å². The quantitative estimate of drug-likeness (QED) is 0.139. The van der Waals surface area contributed by atoms with Gasteiger partial charge in [0.2, 0.25) is 23.0 Å². The van der Waals surface area contributed by atoms with Gasteiger partial charge in [-0.25, -0.2) is 36.2 Å². The summed E-state index contributed by atoms with van der Waals surface area (Å²) in [6, 6.07) is 38.0. The van der Waals surface area contributed by atoms with Crippen molar-refractivity contribution in [1.82, 2.24) is 46.8 Å². The Morgan fingerprint density at radius 2 is 0.985 bits per heavy atom. The van der Waals surface area contributed by atoms with E-state index in [2.05, 4.69) is 154 Å². The maximum absolute atomic E-state index is 4.41. The molecule has 0 aliphatic heterocycles. The fraction of sp³-hybridized carbons (Fsp3) is 0.135. The minimum Gasteiger partial charge on any atom is -0.360 e. The van der Waals surface area contributed by atoms with Gasteiger partial charge < -0.3 is 18.7 Å². The van der Waals surface area contributed by atoms with Crippen LogP contribution in [0.15, 0.2) is 153 Å². The number of benzene rings is 2. The molecule has 0 N–H and O–H groups in total. The monoisotopic (exact) mass is 1030 g/mol. The largest absolute Gasteiger partial charge is 0.360 e. The van der Waals surface area contributed by atoms with Crippen molar-refractivity contribution in [3.05, 3.63) is 183 Å². The standard InChI is InChI=1S/C22H17N4.C17H14N5.C13H15N4.2Y/c1-24-11-9-19(18-8-7-16-5-3-4-6-17(16)13-18)14-20(24)21-15-26-12-10-23-22(26)25(21)2;1-20-9-6-13(14-5-3-4-7-18-14)11-15(20)16-12-22-10-8-19-17(22)21(16)2;1-10-4-6-15(2)11(8-10)12-9-17-7-5-14-13(17)16(12)3;;/h3-7,10-15H,1-2H3;3-4,7-12H,1-2H3;4-9H,1-3H3;;/q2*-1;+1;;. The van der Waals surface area contributed by atoms with Crippen LogP contribution in [0.3, 0.4) is 0 Å². The summed E-state index contributed by atoms with van der Waals surface area (Å²) in [5.74, 6) is 2.79. The van der Waals surface area contributed by atoms with Crippen LogP contribution in [-0.2, 0) is 108 Å². The van der Waals surface area contributed by atoms with Crippen molar-refractivity contribution in [2.75, 3.05) is 0 Å². The third kappa shape index (κ3) is 9.26. The molecule has 0 aliphatic rings. The van der Waals surface area contributed by atoms with Crippen LogP contribution >= 0.6 is 0 Å². The van der Waals surface area contributed by atoms with Crippen molar-refractivity contribution < 1.29 is 79.1 Å². The van der Waals surface area contributed by atoms with Gasteiger partial charge >= 0.3 is 0 Å². The Labute approximate surface area is 439 Å². The zero-order valence-corrected chi connectivity index (χ0v) is 44.1. The van der Waals surface area contributed by atoms with Crippen LogP contribution in [-0.4, -0.2) is 46.8 Å². The van der Waals surface area contributed by atoms with Crippen LogP contribution in [0.4, 0.5) is 0 Å². The third-order valence-electron chi connectivity index (χ3n) is 11.8. The van der Waals surface area contributed by atoms with E-state index in [4.69, 9.17) is 0 Å². The maximum Gasteiger partial charge on any atom is 0.230 e. The average Bonchev–Trinajstić information content (AvgIpc) is 4.20. The first-order valence-corrected chi connectivity index (χ1v) is 21.1. The Morgan fingerprint density at radius 3 is 1.51 bits per heavy atom. The normalized spacial score (nSPS) is 11.0. The van der Waals surface area contributed by atoms with E-state index in [0.29, 0.717) is 0 Å². The molecule has 0 saturated carbocycles. The van der Waals surface area contributed by atoms with Gasteiger partial charge in [-0.3, -0.25) is 29.9 Å². The van der Waals surface area contributed by atoms with E-state index < -0.39 is 0 Å². The first kappa shape index (κ1) is 47.3. The minimum atomic E-state index is 0. The van der Waals surface area contributed by atoms with Crippen molar-refractivity contribution in [2.45, 2.75) is 6.92 Å². The van der Waals surface area contributed by atoms with Crippen LogP contribution in [0.25, 0.3) is 84.7 Å². The second-order valence-corrected chi connectivity index (χ2v) is 16.1. The number of aryl methyl sites for hydroxylation is 7. The van der Waals surface area contributed by atoms with Gasteiger partial charge in [-0.05, 0) is 18.7 Å². The topological polar surface area (TPSA) is 91.2 Å². The second kappa shape index (κ2) is 19.9. The summed E-state index contributed by atoms with van der Waals surface area (Å²) in [5.41, 5.74) is 11.8. The van der Waals surface area contributed by atoms with E-state index in [1.807, 2.05) is 121 Å². The number of hydrogen-bond donors (Lipinski definition) is 0. The SMILES string of the molecule is Cc1cc[n+](C)c(-c2cn3ccnc3n2C)c1.Cn1c(-c2cc(-c3[c-]cc4ccccc4c3)[c-]c[n+]2C)cn2ccnc12.Cn1c(-c2cc(-c3[c-]cccn3)[c-]c[n+]2C)cn2ccnc12.[Y].[Y]. The zero-order chi connectivity index (χ0) is 44.8. The summed E-state index contributed by atoms with van der Waals surface area (Å²) in [6.07, 6.45) is 25.3. The average molecular weight is 1030 g/mol. The molecule has 0 aliphatic carbocycles. The summed E-state index contributed by atoms with van der Waals surface area (Å²) in [4.78, 5) is 17.5. The molecule has 10 heterocycles. The van der Waals surface area contributed by atoms with E-state index in [9.17, 15) is 0 Å². The van der Waals surface area contributed by atoms with Gasteiger partial charge in [0.15, 0.2) is 17.6 Å². The zero-order valence-electron chi connectivity index (χ0n) is 38.4. The molecule has 0 fully saturated rings. The van der Waals surface area contributed by atoms with Gasteiger partial charge in [0.1, 0.15) is 44.4 Å². The summed E-state index contributed by atoms with van der Waals surface area (Å²) in [7, 11) is 12.2.